The van der Waals surface area contributed by atoms with Gasteiger partial charge in [0.1, 0.15) is 0 Å². The second-order valence-electron chi connectivity index (χ2n) is 3.13. The summed E-state index contributed by atoms with van der Waals surface area (Å²) in [5, 5.41) is 0. The third-order valence-corrected chi connectivity index (χ3v) is 2.27. The van der Waals surface area contributed by atoms with E-state index < -0.39 is 0 Å². The van der Waals surface area contributed by atoms with Crippen molar-refractivity contribution in [3.63, 3.8) is 0 Å². The van der Waals surface area contributed by atoms with E-state index in [1.54, 1.807) is 0 Å². The molecule has 0 aliphatic carbocycles. The van der Waals surface area contributed by atoms with Gasteiger partial charge in [0.15, 0.2) is 0 Å². The average Bonchev–Trinajstić information content (AvgIpc) is 2.29. The third-order valence-electron chi connectivity index (χ3n) is 2.27. The number of nitrogens with two attached hydrogens (primary N) is 1. The lowest BCUT2D eigenvalue weighted by atomic mass is 10.0. The first kappa shape index (κ1) is 10.5. The summed E-state index contributed by atoms with van der Waals surface area (Å²) in [7, 11) is 0. The van der Waals surface area contributed by atoms with Crippen LogP contribution in [-0.4, -0.2) is 13.2 Å². The minimum absolute atomic E-state index is 0. The molecule has 0 unspecified atom stereocenters. The highest BCUT2D eigenvalue weighted by Crippen LogP contribution is 2.19. The molecule has 0 fully saturated rings. The Hall–Kier alpha value is -0.570. The molecule has 0 amide bonds. The first-order valence-corrected chi connectivity index (χ1v) is 4.29. The summed E-state index contributed by atoms with van der Waals surface area (Å²) < 4.78 is 5.36. The second-order valence-corrected chi connectivity index (χ2v) is 3.13. The maximum Gasteiger partial charge on any atom is 0.0659 e. The number of ether oxygens (including phenoxy) is 1. The van der Waals surface area contributed by atoms with Gasteiger partial charge in [0, 0.05) is 0 Å². The molecular formula is C10H14ClNO. The zero-order valence-electron chi connectivity index (χ0n) is 7.40. The van der Waals surface area contributed by atoms with Gasteiger partial charge in [-0.3, -0.25) is 0 Å². The largest absolute Gasteiger partial charge is 0.379 e. The number of hydrogen-bond acceptors (Lipinski definition) is 2. The Kier molecular flexibility index (Phi) is 3.72. The van der Waals surface area contributed by atoms with Crippen molar-refractivity contribution in [2.45, 2.75) is 12.5 Å². The zero-order chi connectivity index (χ0) is 8.39. The molecule has 1 heterocycles. The Morgan fingerprint density at radius 3 is 2.92 bits per heavy atom. The summed E-state index contributed by atoms with van der Waals surface area (Å²) in [5.41, 5.74) is 8.50. The van der Waals surface area contributed by atoms with E-state index in [9.17, 15) is 0 Å². The van der Waals surface area contributed by atoms with E-state index in [4.69, 9.17) is 10.5 Å². The fraction of sp³-hybridized carbons (Fsp3) is 0.400. The normalized spacial score (nSPS) is 21.2. The monoisotopic (exact) mass is 199 g/mol. The van der Waals surface area contributed by atoms with Crippen LogP contribution in [0.3, 0.4) is 0 Å². The number of halogens is 1. The van der Waals surface area contributed by atoms with Crippen LogP contribution in [0.5, 0.6) is 0 Å². The fourth-order valence-electron chi connectivity index (χ4n) is 1.61. The number of fused-ring (bicyclic) bond motifs is 1. The van der Waals surface area contributed by atoms with Gasteiger partial charge in [-0.25, -0.2) is 0 Å². The smallest absolute Gasteiger partial charge is 0.0659 e. The quantitative estimate of drug-likeness (QED) is 0.690. The van der Waals surface area contributed by atoms with E-state index in [-0.39, 0.29) is 18.4 Å². The first-order valence-electron chi connectivity index (χ1n) is 4.29. The van der Waals surface area contributed by atoms with Crippen LogP contribution >= 0.6 is 12.4 Å². The Bertz CT molecular complexity index is 277. The molecule has 0 saturated carbocycles. The van der Waals surface area contributed by atoms with E-state index in [1.165, 1.54) is 11.1 Å². The molecule has 3 heteroatoms. The lowest BCUT2D eigenvalue weighted by Gasteiger charge is -2.10. The topological polar surface area (TPSA) is 35.2 Å². The molecule has 72 valence electrons. The second kappa shape index (κ2) is 4.61. The predicted molar refractivity (Wildman–Crippen MR) is 55.1 cm³/mol. The summed E-state index contributed by atoms with van der Waals surface area (Å²) in [4.78, 5) is 0. The van der Waals surface area contributed by atoms with Crippen molar-refractivity contribution < 1.29 is 4.74 Å². The average molecular weight is 200 g/mol. The first-order chi connectivity index (χ1) is 5.88. The summed E-state index contributed by atoms with van der Waals surface area (Å²) in [5.74, 6) is 0. The highest BCUT2D eigenvalue weighted by Gasteiger charge is 2.13. The molecule has 1 aliphatic heterocycles. The molecule has 1 aliphatic rings. The molecule has 2 N–H and O–H groups in total. The standard InChI is InChI=1S/C10H13NO.ClH/c11-10-7-12-6-5-8-3-1-2-4-9(8)10;/h1-4,10H,5-7,11H2;1H/t10-;/m0./s1. The van der Waals surface area contributed by atoms with E-state index in [0.717, 1.165) is 13.0 Å². The minimum Gasteiger partial charge on any atom is -0.379 e. The SMILES string of the molecule is Cl.N[C@H]1COCCc2ccccc21. The van der Waals surface area contributed by atoms with E-state index in [1.807, 2.05) is 6.07 Å². The van der Waals surface area contributed by atoms with Crippen molar-refractivity contribution in [2.75, 3.05) is 13.2 Å². The molecule has 0 saturated heterocycles. The number of hydrogen-bond donors (Lipinski definition) is 1. The van der Waals surface area contributed by atoms with Crippen LogP contribution in [-0.2, 0) is 11.2 Å². The molecule has 1 aromatic carbocycles. The summed E-state index contributed by atoms with van der Waals surface area (Å²) in [6.45, 7) is 1.45. The molecule has 0 bridgehead atoms. The molecule has 0 aromatic heterocycles. The van der Waals surface area contributed by atoms with Crippen molar-refractivity contribution in [2.24, 2.45) is 5.73 Å². The van der Waals surface area contributed by atoms with Gasteiger partial charge in [0.2, 0.25) is 0 Å². The van der Waals surface area contributed by atoms with Crippen LogP contribution in [0.15, 0.2) is 24.3 Å². The maximum atomic E-state index is 5.92. The Morgan fingerprint density at radius 1 is 1.31 bits per heavy atom. The van der Waals surface area contributed by atoms with E-state index in [0.29, 0.717) is 6.61 Å². The van der Waals surface area contributed by atoms with Crippen LogP contribution in [0.4, 0.5) is 0 Å². The van der Waals surface area contributed by atoms with Crippen LogP contribution in [0, 0.1) is 0 Å². The molecule has 1 atom stereocenters. The van der Waals surface area contributed by atoms with E-state index in [2.05, 4.69) is 18.2 Å². The summed E-state index contributed by atoms with van der Waals surface area (Å²) in [6.07, 6.45) is 0.990. The van der Waals surface area contributed by atoms with Gasteiger partial charge in [-0.05, 0) is 17.5 Å². The highest BCUT2D eigenvalue weighted by molar-refractivity contribution is 5.85. The van der Waals surface area contributed by atoms with E-state index >= 15 is 0 Å². The molecule has 2 rings (SSSR count). The minimum atomic E-state index is 0. The van der Waals surface area contributed by atoms with Gasteiger partial charge in [0.25, 0.3) is 0 Å². The molecular weight excluding hydrogens is 186 g/mol. The Balaban J connectivity index is 0.000000845. The van der Waals surface area contributed by atoms with Crippen molar-refractivity contribution in [3.05, 3.63) is 35.4 Å². The van der Waals surface area contributed by atoms with Gasteiger partial charge >= 0.3 is 0 Å². The third kappa shape index (κ3) is 2.21. The van der Waals surface area contributed by atoms with Crippen molar-refractivity contribution in [3.8, 4) is 0 Å². The number of benzene rings is 1. The lowest BCUT2D eigenvalue weighted by molar-refractivity contribution is 0.131. The van der Waals surface area contributed by atoms with Crippen molar-refractivity contribution >= 4 is 12.4 Å². The molecule has 13 heavy (non-hydrogen) atoms. The van der Waals surface area contributed by atoms with Crippen LogP contribution in [0.2, 0.25) is 0 Å². The van der Waals surface area contributed by atoms with Gasteiger partial charge in [0.05, 0.1) is 19.3 Å². The molecule has 0 spiro atoms. The van der Waals surface area contributed by atoms with Crippen LogP contribution in [0.1, 0.15) is 17.2 Å². The highest BCUT2D eigenvalue weighted by atomic mass is 35.5. The van der Waals surface area contributed by atoms with Gasteiger partial charge < -0.3 is 10.5 Å². The summed E-state index contributed by atoms with van der Waals surface area (Å²) in [6, 6.07) is 8.36. The maximum absolute atomic E-state index is 5.92. The Morgan fingerprint density at radius 2 is 2.08 bits per heavy atom. The van der Waals surface area contributed by atoms with Crippen molar-refractivity contribution in [1.29, 1.82) is 0 Å². The zero-order valence-corrected chi connectivity index (χ0v) is 8.22. The molecule has 2 nitrogen and oxygen atoms in total. The number of rotatable bonds is 0. The molecule has 0 radical (unpaired) electrons. The summed E-state index contributed by atoms with van der Waals surface area (Å²) >= 11 is 0. The lowest BCUT2D eigenvalue weighted by Crippen LogP contribution is -2.15. The molecule has 1 aromatic rings. The van der Waals surface area contributed by atoms with Gasteiger partial charge in [-0.1, -0.05) is 24.3 Å². The van der Waals surface area contributed by atoms with Crippen molar-refractivity contribution in [1.82, 2.24) is 0 Å². The van der Waals surface area contributed by atoms with Gasteiger partial charge in [-0.2, -0.15) is 0 Å². The van der Waals surface area contributed by atoms with Gasteiger partial charge in [-0.15, -0.1) is 12.4 Å². The fourth-order valence-corrected chi connectivity index (χ4v) is 1.61. The predicted octanol–water partition coefficient (Wildman–Crippen LogP) is 1.68. The van der Waals surface area contributed by atoms with Crippen LogP contribution < -0.4 is 5.73 Å². The van der Waals surface area contributed by atoms with Crippen LogP contribution in [0.25, 0.3) is 0 Å². The Labute approximate surface area is 84.5 Å².